The van der Waals surface area contributed by atoms with Gasteiger partial charge in [-0.3, -0.25) is 31.1 Å². The van der Waals surface area contributed by atoms with Crippen molar-refractivity contribution in [2.24, 2.45) is 22.0 Å². The summed E-state index contributed by atoms with van der Waals surface area (Å²) in [5.74, 6) is 0. The number of benzene rings is 1. The lowest BCUT2D eigenvalue weighted by Gasteiger charge is -2.11. The molecule has 1 rings (SSSR count). The molecule has 0 spiro atoms. The minimum absolute atomic E-state index is 0.501. The molecule has 0 saturated heterocycles. The van der Waals surface area contributed by atoms with Gasteiger partial charge in [0.2, 0.25) is 0 Å². The Kier molecular flexibility index (Phi) is 4.20. The summed E-state index contributed by atoms with van der Waals surface area (Å²) in [6, 6.07) is 6.42. The average Bonchev–Trinajstić information content (AvgIpc) is 2.03. The van der Waals surface area contributed by atoms with E-state index >= 15 is 0 Å². The first-order valence-electron chi connectivity index (χ1n) is 4.08. The van der Waals surface area contributed by atoms with Crippen LogP contribution in [0.5, 0.6) is 0 Å². The molecule has 0 saturated carbocycles. The van der Waals surface area contributed by atoms with Gasteiger partial charge < -0.3 is 5.09 Å². The van der Waals surface area contributed by atoms with Gasteiger partial charge in [-0.25, -0.2) is 0 Å². The first-order valence-corrected chi connectivity index (χ1v) is 9.19. The number of anilines is 1. The second kappa shape index (κ2) is 4.89. The van der Waals surface area contributed by atoms with E-state index in [-0.39, 0.29) is 0 Å². The maximum atomic E-state index is 11.1. The van der Waals surface area contributed by atoms with Crippen LogP contribution in [0.1, 0.15) is 0 Å². The van der Waals surface area contributed by atoms with Crippen molar-refractivity contribution in [3.63, 3.8) is 0 Å². The number of nitrogens with two attached hydrogens (primary N) is 4. The van der Waals surface area contributed by atoms with Crippen LogP contribution in [0.4, 0.5) is 5.69 Å². The molecule has 7 nitrogen and oxygen atoms in total. The van der Waals surface area contributed by atoms with Gasteiger partial charge in [0.15, 0.2) is 0 Å². The largest absolute Gasteiger partial charge is 0.313 e. The normalized spacial score (nSPS) is 12.5. The van der Waals surface area contributed by atoms with Gasteiger partial charge in [-0.2, -0.15) is 0 Å². The van der Waals surface area contributed by atoms with Crippen molar-refractivity contribution >= 4 is 31.3 Å². The molecule has 0 atom stereocenters. The van der Waals surface area contributed by atoms with Crippen LogP contribution in [0.25, 0.3) is 0 Å². The first kappa shape index (κ1) is 13.7. The van der Waals surface area contributed by atoms with E-state index in [4.69, 9.17) is 22.0 Å². The Hall–Kier alpha value is -0.330. The number of rotatable bonds is 4. The highest BCUT2D eigenvalue weighted by molar-refractivity contribution is 8.56. The maximum absolute atomic E-state index is 11.1. The van der Waals surface area contributed by atoms with Gasteiger partial charge in [-0.1, -0.05) is 0 Å². The zero-order valence-electron chi connectivity index (χ0n) is 8.24. The second-order valence-electron chi connectivity index (χ2n) is 3.08. The van der Waals surface area contributed by atoms with Crippen molar-refractivity contribution in [2.75, 3.05) is 5.09 Å². The summed E-state index contributed by atoms with van der Waals surface area (Å²) in [5, 5.41) is 2.44. The van der Waals surface area contributed by atoms with E-state index in [1.54, 1.807) is 24.3 Å². The van der Waals surface area contributed by atoms with Crippen molar-refractivity contribution in [3.05, 3.63) is 24.3 Å². The van der Waals surface area contributed by atoms with Gasteiger partial charge >= 0.3 is 0 Å². The molecule has 0 aliphatic rings. The third kappa shape index (κ3) is 5.67. The SMILES string of the molecule is NP(N)(=O)Nc1ccc(SP(N)(N)=O)cc1. The Morgan fingerprint density at radius 1 is 1.00 bits per heavy atom. The highest BCUT2D eigenvalue weighted by atomic mass is 32.7. The molecule has 16 heavy (non-hydrogen) atoms. The summed E-state index contributed by atoms with van der Waals surface area (Å²) in [6.07, 6.45) is 0. The van der Waals surface area contributed by atoms with Gasteiger partial charge in [-0.05, 0) is 35.6 Å². The summed E-state index contributed by atoms with van der Waals surface area (Å²) < 4.78 is 22.2. The van der Waals surface area contributed by atoms with Crippen molar-refractivity contribution in [2.45, 2.75) is 4.90 Å². The third-order valence-corrected chi connectivity index (χ3v) is 4.27. The summed E-state index contributed by atoms with van der Waals surface area (Å²) in [4.78, 5) is 0.641. The third-order valence-electron chi connectivity index (χ3n) is 1.41. The molecule has 0 fully saturated rings. The molecule has 0 aromatic heterocycles. The number of hydrogen-bond acceptors (Lipinski definition) is 3. The second-order valence-corrected chi connectivity index (χ2v) is 8.93. The van der Waals surface area contributed by atoms with Crippen LogP contribution < -0.4 is 27.1 Å². The fourth-order valence-corrected chi connectivity index (χ4v) is 3.45. The topological polar surface area (TPSA) is 150 Å². The van der Waals surface area contributed by atoms with E-state index < -0.39 is 14.2 Å². The smallest absolute Gasteiger partial charge is 0.298 e. The van der Waals surface area contributed by atoms with Crippen LogP contribution in [-0.4, -0.2) is 0 Å². The molecule has 1 aromatic rings. The van der Waals surface area contributed by atoms with Crippen LogP contribution in [0.15, 0.2) is 29.2 Å². The Bertz CT molecular complexity index is 409. The van der Waals surface area contributed by atoms with Gasteiger partial charge in [0.05, 0.1) is 0 Å². The minimum Gasteiger partial charge on any atom is -0.313 e. The molecule has 0 radical (unpaired) electrons. The van der Waals surface area contributed by atoms with E-state index in [0.29, 0.717) is 10.6 Å². The van der Waals surface area contributed by atoms with Crippen molar-refractivity contribution in [3.8, 4) is 0 Å². The molecule has 90 valence electrons. The van der Waals surface area contributed by atoms with Crippen molar-refractivity contribution in [1.29, 1.82) is 0 Å². The molecule has 0 amide bonds. The van der Waals surface area contributed by atoms with Crippen LogP contribution in [-0.2, 0) is 9.13 Å². The fourth-order valence-electron chi connectivity index (χ4n) is 0.957. The molecule has 1 aromatic carbocycles. The van der Waals surface area contributed by atoms with E-state index in [1.807, 2.05) is 0 Å². The van der Waals surface area contributed by atoms with Crippen molar-refractivity contribution in [1.82, 2.24) is 0 Å². The zero-order valence-corrected chi connectivity index (χ0v) is 10.8. The van der Waals surface area contributed by atoms with E-state index in [0.717, 1.165) is 11.4 Å². The Balaban J connectivity index is 2.76. The lowest BCUT2D eigenvalue weighted by Crippen LogP contribution is -2.12. The number of nitrogens with one attached hydrogen (secondary N) is 1. The molecule has 0 aliphatic carbocycles. The highest BCUT2D eigenvalue weighted by Gasteiger charge is 2.11. The van der Waals surface area contributed by atoms with E-state index in [9.17, 15) is 9.13 Å². The molecule has 0 bridgehead atoms. The Morgan fingerprint density at radius 3 is 1.88 bits per heavy atom. The number of hydrogen-bond donors (Lipinski definition) is 5. The maximum Gasteiger partial charge on any atom is 0.298 e. The lowest BCUT2D eigenvalue weighted by molar-refractivity contribution is 0.580. The molecule has 0 heterocycles. The van der Waals surface area contributed by atoms with Gasteiger partial charge in [0.25, 0.3) is 14.2 Å². The van der Waals surface area contributed by atoms with Gasteiger partial charge in [0, 0.05) is 10.6 Å². The highest BCUT2D eigenvalue weighted by Crippen LogP contribution is 2.48. The van der Waals surface area contributed by atoms with E-state index in [1.165, 1.54) is 0 Å². The van der Waals surface area contributed by atoms with Crippen molar-refractivity contribution < 1.29 is 9.13 Å². The lowest BCUT2D eigenvalue weighted by atomic mass is 10.3. The van der Waals surface area contributed by atoms with Crippen LogP contribution >= 0.6 is 25.6 Å². The van der Waals surface area contributed by atoms with Crippen LogP contribution in [0.3, 0.4) is 0 Å². The molecular weight excluding hydrogens is 268 g/mol. The molecule has 10 heteroatoms. The van der Waals surface area contributed by atoms with Crippen LogP contribution in [0.2, 0.25) is 0 Å². The fraction of sp³-hybridized carbons (Fsp3) is 0. The Labute approximate surface area is 97.1 Å². The van der Waals surface area contributed by atoms with Gasteiger partial charge in [-0.15, -0.1) is 0 Å². The monoisotopic (exact) mass is 281 g/mol. The molecule has 0 aliphatic heterocycles. The van der Waals surface area contributed by atoms with E-state index in [2.05, 4.69) is 5.09 Å². The quantitative estimate of drug-likeness (QED) is 0.517. The summed E-state index contributed by atoms with van der Waals surface area (Å²) in [5.41, 5.74) is 21.2. The molecule has 9 N–H and O–H groups in total. The summed E-state index contributed by atoms with van der Waals surface area (Å²) in [6.45, 7) is -3.15. The minimum atomic E-state index is -3.30. The summed E-state index contributed by atoms with van der Waals surface area (Å²) in [7, 11) is -3.30. The van der Waals surface area contributed by atoms with Gasteiger partial charge in [0.1, 0.15) is 0 Å². The molecular formula is C6H13N5O2P2S. The average molecular weight is 281 g/mol. The van der Waals surface area contributed by atoms with Crippen LogP contribution in [0, 0.1) is 0 Å². The summed E-state index contributed by atoms with van der Waals surface area (Å²) >= 11 is 0.879. The predicted molar refractivity (Wildman–Crippen MR) is 67.9 cm³/mol. The Morgan fingerprint density at radius 2 is 1.50 bits per heavy atom. The standard InChI is InChI=1S/C6H13N5O2P2S/c7-14(8,12)11-5-1-3-6(4-2-5)16-15(9,10)13/h1-4H,(H4,9,10,13)(H5,7,8,11,12). The zero-order chi connectivity index (χ0) is 12.4. The molecule has 0 unspecified atom stereocenters. The predicted octanol–water partition coefficient (Wildman–Crippen LogP) is 1.24. The first-order chi connectivity index (χ1) is 7.16.